The summed E-state index contributed by atoms with van der Waals surface area (Å²) < 4.78 is 5.39. The number of carbonyl (C=O) groups excluding carboxylic acids is 2. The predicted molar refractivity (Wildman–Crippen MR) is 83.5 cm³/mol. The van der Waals surface area contributed by atoms with Crippen molar-refractivity contribution in [1.82, 2.24) is 15.1 Å². The Labute approximate surface area is 130 Å². The van der Waals surface area contributed by atoms with Crippen molar-refractivity contribution in [2.75, 3.05) is 51.7 Å². The van der Waals surface area contributed by atoms with Gasteiger partial charge in [-0.25, -0.2) is 0 Å². The summed E-state index contributed by atoms with van der Waals surface area (Å²) in [5, 5.41) is 3.01. The number of morpholine rings is 1. The lowest BCUT2D eigenvalue weighted by Gasteiger charge is -2.43. The van der Waals surface area contributed by atoms with Crippen molar-refractivity contribution >= 4 is 22.9 Å². The molecule has 0 radical (unpaired) electrons. The van der Waals surface area contributed by atoms with E-state index in [4.69, 9.17) is 4.74 Å². The number of hydrogen-bond donors (Lipinski definition) is 1. The van der Waals surface area contributed by atoms with Gasteiger partial charge in [-0.05, 0) is 13.3 Å². The molecule has 2 rings (SSSR count). The van der Waals surface area contributed by atoms with Crippen LogP contribution in [-0.4, -0.2) is 78.2 Å². The van der Waals surface area contributed by atoms with Gasteiger partial charge >= 0.3 is 0 Å². The van der Waals surface area contributed by atoms with Crippen LogP contribution in [0.3, 0.4) is 0 Å². The standard InChI is InChI=1S/C14H25N3O3S/c1-3-14(2,17-4-7-20-8-5-17)11-15-12(18)10-16-6-9-21-13(16)19/h3-11H2,1-2H3,(H,15,18). The number of hydrogen-bond acceptors (Lipinski definition) is 5. The Bertz CT molecular complexity index is 388. The Balaban J connectivity index is 1.81. The highest BCUT2D eigenvalue weighted by Crippen LogP contribution is 2.20. The third-order valence-electron chi connectivity index (χ3n) is 4.38. The molecule has 2 saturated heterocycles. The number of thioether (sulfide) groups is 1. The van der Waals surface area contributed by atoms with E-state index in [1.165, 1.54) is 11.8 Å². The fraction of sp³-hybridized carbons (Fsp3) is 0.857. The first-order valence-corrected chi connectivity index (χ1v) is 8.55. The molecule has 0 aliphatic carbocycles. The van der Waals surface area contributed by atoms with Crippen molar-refractivity contribution in [3.63, 3.8) is 0 Å². The van der Waals surface area contributed by atoms with Gasteiger partial charge in [0.15, 0.2) is 0 Å². The van der Waals surface area contributed by atoms with E-state index in [1.807, 2.05) is 0 Å². The van der Waals surface area contributed by atoms with E-state index in [0.717, 1.165) is 38.5 Å². The highest BCUT2D eigenvalue weighted by atomic mass is 32.2. The summed E-state index contributed by atoms with van der Waals surface area (Å²) in [6.45, 7) is 9.09. The van der Waals surface area contributed by atoms with Crippen LogP contribution in [-0.2, 0) is 9.53 Å². The monoisotopic (exact) mass is 315 g/mol. The number of nitrogens with zero attached hydrogens (tertiary/aromatic N) is 2. The lowest BCUT2D eigenvalue weighted by atomic mass is 9.95. The molecule has 120 valence electrons. The molecule has 2 aliphatic rings. The zero-order chi connectivity index (χ0) is 15.3. The number of carbonyl (C=O) groups is 2. The maximum atomic E-state index is 12.0. The van der Waals surface area contributed by atoms with Crippen LogP contribution in [0.25, 0.3) is 0 Å². The van der Waals surface area contributed by atoms with Crippen molar-refractivity contribution < 1.29 is 14.3 Å². The van der Waals surface area contributed by atoms with Crippen LogP contribution in [0.5, 0.6) is 0 Å². The molecule has 0 saturated carbocycles. The molecule has 21 heavy (non-hydrogen) atoms. The molecule has 0 aromatic heterocycles. The van der Waals surface area contributed by atoms with Crippen molar-refractivity contribution in [3.8, 4) is 0 Å². The third kappa shape index (κ3) is 4.34. The molecule has 6 nitrogen and oxygen atoms in total. The number of amides is 2. The molecule has 1 N–H and O–H groups in total. The molecule has 0 spiro atoms. The lowest BCUT2D eigenvalue weighted by Crippen LogP contribution is -2.57. The topological polar surface area (TPSA) is 61.9 Å². The van der Waals surface area contributed by atoms with Crippen molar-refractivity contribution in [2.24, 2.45) is 0 Å². The molecule has 0 aromatic rings. The summed E-state index contributed by atoms with van der Waals surface area (Å²) in [5.41, 5.74) is -0.0524. The van der Waals surface area contributed by atoms with Gasteiger partial charge in [-0.3, -0.25) is 14.5 Å². The van der Waals surface area contributed by atoms with Crippen molar-refractivity contribution in [2.45, 2.75) is 25.8 Å². The molecule has 0 aromatic carbocycles. The quantitative estimate of drug-likeness (QED) is 0.784. The minimum absolute atomic E-state index is 0.0107. The summed E-state index contributed by atoms with van der Waals surface area (Å²) in [6, 6.07) is 0. The first-order chi connectivity index (χ1) is 10.0. The Morgan fingerprint density at radius 1 is 1.38 bits per heavy atom. The van der Waals surface area contributed by atoms with E-state index in [1.54, 1.807) is 4.90 Å². The van der Waals surface area contributed by atoms with Gasteiger partial charge in [0.05, 0.1) is 13.2 Å². The number of rotatable bonds is 6. The number of ether oxygens (including phenoxy) is 1. The van der Waals surface area contributed by atoms with E-state index >= 15 is 0 Å². The SMILES string of the molecule is CCC(C)(CNC(=O)CN1CCSC1=O)N1CCOCC1. The summed E-state index contributed by atoms with van der Waals surface area (Å²) in [6.07, 6.45) is 0.964. The molecular weight excluding hydrogens is 290 g/mol. The average molecular weight is 315 g/mol. The summed E-state index contributed by atoms with van der Waals surface area (Å²) >= 11 is 1.28. The Kier molecular flexibility index (Phi) is 5.89. The second-order valence-corrected chi connectivity index (χ2v) is 6.81. The van der Waals surface area contributed by atoms with Crippen LogP contribution in [0.2, 0.25) is 0 Å². The summed E-state index contributed by atoms with van der Waals surface area (Å²) in [4.78, 5) is 27.5. The minimum atomic E-state index is -0.0706. The largest absolute Gasteiger partial charge is 0.379 e. The second kappa shape index (κ2) is 7.47. The summed E-state index contributed by atoms with van der Waals surface area (Å²) in [5.74, 6) is 0.714. The smallest absolute Gasteiger partial charge is 0.282 e. The zero-order valence-corrected chi connectivity index (χ0v) is 13.7. The first kappa shape index (κ1) is 16.6. The fourth-order valence-corrected chi connectivity index (χ4v) is 3.48. The molecule has 2 fully saturated rings. The minimum Gasteiger partial charge on any atom is -0.379 e. The zero-order valence-electron chi connectivity index (χ0n) is 12.9. The van der Waals surface area contributed by atoms with E-state index in [-0.39, 0.29) is 23.2 Å². The van der Waals surface area contributed by atoms with Crippen molar-refractivity contribution in [3.05, 3.63) is 0 Å². The van der Waals surface area contributed by atoms with Gasteiger partial charge in [-0.2, -0.15) is 0 Å². The van der Waals surface area contributed by atoms with Crippen molar-refractivity contribution in [1.29, 1.82) is 0 Å². The maximum absolute atomic E-state index is 12.0. The molecule has 1 atom stereocenters. The van der Waals surface area contributed by atoms with Gasteiger partial charge < -0.3 is 15.0 Å². The second-order valence-electron chi connectivity index (χ2n) is 5.76. The van der Waals surface area contributed by atoms with E-state index in [9.17, 15) is 9.59 Å². The maximum Gasteiger partial charge on any atom is 0.282 e. The van der Waals surface area contributed by atoms with E-state index in [0.29, 0.717) is 13.1 Å². The van der Waals surface area contributed by atoms with Gasteiger partial charge in [0.25, 0.3) is 5.24 Å². The Morgan fingerprint density at radius 3 is 2.67 bits per heavy atom. The molecule has 1 unspecified atom stereocenters. The van der Waals surface area contributed by atoms with Crippen LogP contribution in [0, 0.1) is 0 Å². The number of nitrogens with one attached hydrogen (secondary N) is 1. The van der Waals surface area contributed by atoms with Gasteiger partial charge in [0.1, 0.15) is 6.54 Å². The van der Waals surface area contributed by atoms with Crippen LogP contribution < -0.4 is 5.32 Å². The van der Waals surface area contributed by atoms with Crippen LogP contribution in [0.4, 0.5) is 4.79 Å². The molecule has 0 bridgehead atoms. The molecule has 2 amide bonds. The molecule has 2 aliphatic heterocycles. The van der Waals surface area contributed by atoms with Gasteiger partial charge in [-0.1, -0.05) is 18.7 Å². The van der Waals surface area contributed by atoms with Gasteiger partial charge in [0.2, 0.25) is 5.91 Å². The lowest BCUT2D eigenvalue weighted by molar-refractivity contribution is -0.122. The predicted octanol–water partition coefficient (Wildman–Crippen LogP) is 0.772. The Hall–Kier alpha value is -0.790. The Morgan fingerprint density at radius 2 is 2.10 bits per heavy atom. The average Bonchev–Trinajstić information content (AvgIpc) is 2.91. The normalized spacial score (nSPS) is 23.1. The third-order valence-corrected chi connectivity index (χ3v) is 5.27. The molecule has 2 heterocycles. The summed E-state index contributed by atoms with van der Waals surface area (Å²) in [7, 11) is 0. The highest BCUT2D eigenvalue weighted by molar-refractivity contribution is 8.13. The van der Waals surface area contributed by atoms with Crippen LogP contribution >= 0.6 is 11.8 Å². The highest BCUT2D eigenvalue weighted by Gasteiger charge is 2.32. The van der Waals surface area contributed by atoms with Crippen LogP contribution in [0.1, 0.15) is 20.3 Å². The fourth-order valence-electron chi connectivity index (χ4n) is 2.65. The van der Waals surface area contributed by atoms with Gasteiger partial charge in [-0.15, -0.1) is 0 Å². The van der Waals surface area contributed by atoms with Gasteiger partial charge in [0, 0.05) is 37.5 Å². The molecule has 7 heteroatoms. The molecular formula is C14H25N3O3S. The van der Waals surface area contributed by atoms with Crippen LogP contribution in [0.15, 0.2) is 0 Å². The first-order valence-electron chi connectivity index (χ1n) is 7.56. The van der Waals surface area contributed by atoms with E-state index in [2.05, 4.69) is 24.1 Å². The van der Waals surface area contributed by atoms with E-state index < -0.39 is 0 Å².